The van der Waals surface area contributed by atoms with E-state index in [9.17, 15) is 4.79 Å². The Morgan fingerprint density at radius 2 is 1.93 bits per heavy atom. The molecule has 3 heteroatoms. The highest BCUT2D eigenvalue weighted by Gasteiger charge is 2.26. The van der Waals surface area contributed by atoms with E-state index in [0.29, 0.717) is 13.2 Å². The molecule has 0 aliphatic carbocycles. The summed E-state index contributed by atoms with van der Waals surface area (Å²) in [6.45, 7) is 4.70. The predicted molar refractivity (Wildman–Crippen MR) is 55.1 cm³/mol. The van der Waals surface area contributed by atoms with Gasteiger partial charge in [0.25, 0.3) is 0 Å². The molecule has 0 N–H and O–H groups in total. The molecular weight excluding hydrogens is 178 g/mol. The van der Waals surface area contributed by atoms with Crippen LogP contribution < -0.4 is 0 Å². The van der Waals surface area contributed by atoms with Crippen LogP contribution in [0.1, 0.15) is 13.8 Å². The molecule has 0 bridgehead atoms. The Morgan fingerprint density at radius 3 is 2.43 bits per heavy atom. The fraction of sp³-hybridized carbons (Fsp3) is 0.545. The summed E-state index contributed by atoms with van der Waals surface area (Å²) in [6, 6.07) is 3.83. The summed E-state index contributed by atoms with van der Waals surface area (Å²) in [4.78, 5) is 11.8. The van der Waals surface area contributed by atoms with Crippen molar-refractivity contribution in [3.05, 3.63) is 24.5 Å². The molecular formula is C11H17NO2. The van der Waals surface area contributed by atoms with Gasteiger partial charge in [-0.3, -0.25) is 4.79 Å². The van der Waals surface area contributed by atoms with Gasteiger partial charge < -0.3 is 9.30 Å². The highest BCUT2D eigenvalue weighted by Crippen LogP contribution is 2.17. The van der Waals surface area contributed by atoms with E-state index in [4.69, 9.17) is 4.74 Å². The number of aromatic nitrogens is 1. The fourth-order valence-corrected chi connectivity index (χ4v) is 1.30. The number of hydrogen-bond acceptors (Lipinski definition) is 2. The first kappa shape index (κ1) is 11.0. The fourth-order valence-electron chi connectivity index (χ4n) is 1.30. The van der Waals surface area contributed by atoms with Gasteiger partial charge in [0.15, 0.2) is 5.78 Å². The number of nitrogens with zero attached hydrogens (tertiary/aromatic N) is 1. The number of methoxy groups -OCH3 is 1. The summed E-state index contributed by atoms with van der Waals surface area (Å²) in [5, 5.41) is 0. The Kier molecular flexibility index (Phi) is 3.47. The summed E-state index contributed by atoms with van der Waals surface area (Å²) in [5.41, 5.74) is -0.404. The van der Waals surface area contributed by atoms with E-state index in [2.05, 4.69) is 0 Å². The van der Waals surface area contributed by atoms with Crippen molar-refractivity contribution in [2.45, 2.75) is 20.4 Å². The molecule has 14 heavy (non-hydrogen) atoms. The minimum absolute atomic E-state index is 0.190. The summed E-state index contributed by atoms with van der Waals surface area (Å²) in [7, 11) is 1.62. The zero-order chi connectivity index (χ0) is 10.6. The van der Waals surface area contributed by atoms with Gasteiger partial charge in [-0.25, -0.2) is 0 Å². The molecule has 1 heterocycles. The van der Waals surface area contributed by atoms with Crippen molar-refractivity contribution in [2.24, 2.45) is 5.41 Å². The molecule has 1 aromatic heterocycles. The molecule has 3 nitrogen and oxygen atoms in total. The smallest absolute Gasteiger partial charge is 0.160 e. The van der Waals surface area contributed by atoms with Crippen molar-refractivity contribution < 1.29 is 9.53 Å². The molecule has 0 spiro atoms. The standard InChI is InChI=1S/C11H17NO2/c1-11(2,9-14-3)10(13)8-12-6-4-5-7-12/h4-7H,8-9H2,1-3H3. The minimum Gasteiger partial charge on any atom is -0.384 e. The van der Waals surface area contributed by atoms with Crippen LogP contribution in [0.2, 0.25) is 0 Å². The van der Waals surface area contributed by atoms with Crippen molar-refractivity contribution in [3.63, 3.8) is 0 Å². The SMILES string of the molecule is COCC(C)(C)C(=O)Cn1cccc1. The Morgan fingerprint density at radius 1 is 1.36 bits per heavy atom. The van der Waals surface area contributed by atoms with Crippen LogP contribution in [0.15, 0.2) is 24.5 Å². The number of hydrogen-bond donors (Lipinski definition) is 0. The summed E-state index contributed by atoms with van der Waals surface area (Å²) in [5.74, 6) is 0.190. The van der Waals surface area contributed by atoms with Gasteiger partial charge in [-0.15, -0.1) is 0 Å². The number of ether oxygens (including phenoxy) is 1. The number of Topliss-reactive ketones (excluding diaryl/α,β-unsaturated/α-hetero) is 1. The monoisotopic (exact) mass is 195 g/mol. The van der Waals surface area contributed by atoms with Gasteiger partial charge in [0.2, 0.25) is 0 Å². The zero-order valence-corrected chi connectivity index (χ0v) is 8.99. The maximum atomic E-state index is 11.8. The molecule has 0 fully saturated rings. The third-order valence-corrected chi connectivity index (χ3v) is 2.25. The van der Waals surface area contributed by atoms with Crippen molar-refractivity contribution in [1.29, 1.82) is 0 Å². The van der Waals surface area contributed by atoms with Crippen LogP contribution >= 0.6 is 0 Å². The number of ketones is 1. The summed E-state index contributed by atoms with van der Waals surface area (Å²) >= 11 is 0. The van der Waals surface area contributed by atoms with Crippen molar-refractivity contribution in [3.8, 4) is 0 Å². The first-order valence-corrected chi connectivity index (χ1v) is 4.69. The normalized spacial score (nSPS) is 11.6. The quantitative estimate of drug-likeness (QED) is 0.716. The van der Waals surface area contributed by atoms with Crippen LogP contribution in [0.3, 0.4) is 0 Å². The van der Waals surface area contributed by atoms with Gasteiger partial charge in [-0.05, 0) is 12.1 Å². The molecule has 0 amide bonds. The van der Waals surface area contributed by atoms with Gasteiger partial charge in [0.1, 0.15) is 0 Å². The molecule has 78 valence electrons. The molecule has 0 unspecified atom stereocenters. The minimum atomic E-state index is -0.404. The average molecular weight is 195 g/mol. The molecule has 1 aromatic rings. The van der Waals surface area contributed by atoms with Crippen LogP contribution in [-0.2, 0) is 16.1 Å². The zero-order valence-electron chi connectivity index (χ0n) is 8.99. The lowest BCUT2D eigenvalue weighted by molar-refractivity contribution is -0.130. The lowest BCUT2D eigenvalue weighted by Gasteiger charge is -2.21. The van der Waals surface area contributed by atoms with E-state index < -0.39 is 5.41 Å². The maximum absolute atomic E-state index is 11.8. The van der Waals surface area contributed by atoms with E-state index in [1.54, 1.807) is 7.11 Å². The Bertz CT molecular complexity index is 288. The van der Waals surface area contributed by atoms with Crippen molar-refractivity contribution in [1.82, 2.24) is 4.57 Å². The van der Waals surface area contributed by atoms with Crippen LogP contribution in [-0.4, -0.2) is 24.1 Å². The molecule has 0 atom stereocenters. The van der Waals surface area contributed by atoms with Crippen LogP contribution in [0.5, 0.6) is 0 Å². The van der Waals surface area contributed by atoms with Crippen LogP contribution in [0.4, 0.5) is 0 Å². The lowest BCUT2D eigenvalue weighted by Crippen LogP contribution is -2.32. The Labute approximate surface area is 84.7 Å². The van der Waals surface area contributed by atoms with Gasteiger partial charge >= 0.3 is 0 Å². The number of carbonyl (C=O) groups is 1. The molecule has 0 radical (unpaired) electrons. The third-order valence-electron chi connectivity index (χ3n) is 2.25. The highest BCUT2D eigenvalue weighted by atomic mass is 16.5. The van der Waals surface area contributed by atoms with Crippen LogP contribution in [0.25, 0.3) is 0 Å². The molecule has 0 saturated carbocycles. The Hall–Kier alpha value is -1.09. The first-order valence-electron chi connectivity index (χ1n) is 4.69. The molecule has 1 rings (SSSR count). The molecule has 0 aliphatic heterocycles. The van der Waals surface area contributed by atoms with E-state index in [-0.39, 0.29) is 5.78 Å². The molecule has 0 aliphatic rings. The largest absolute Gasteiger partial charge is 0.384 e. The molecule has 0 saturated heterocycles. The van der Waals surface area contributed by atoms with E-state index in [1.165, 1.54) is 0 Å². The van der Waals surface area contributed by atoms with Gasteiger partial charge in [-0.1, -0.05) is 13.8 Å². The van der Waals surface area contributed by atoms with Gasteiger partial charge in [-0.2, -0.15) is 0 Å². The third kappa shape index (κ3) is 2.70. The average Bonchev–Trinajstić information content (AvgIpc) is 2.56. The maximum Gasteiger partial charge on any atom is 0.160 e. The van der Waals surface area contributed by atoms with E-state index in [1.807, 2.05) is 42.9 Å². The first-order chi connectivity index (χ1) is 6.56. The number of carbonyl (C=O) groups excluding carboxylic acids is 1. The summed E-state index contributed by atoms with van der Waals surface area (Å²) < 4.78 is 6.89. The number of rotatable bonds is 5. The summed E-state index contributed by atoms with van der Waals surface area (Å²) in [6.07, 6.45) is 3.78. The van der Waals surface area contributed by atoms with Gasteiger partial charge in [0.05, 0.1) is 13.2 Å². The van der Waals surface area contributed by atoms with E-state index >= 15 is 0 Å². The highest BCUT2D eigenvalue weighted by molar-refractivity contribution is 5.84. The van der Waals surface area contributed by atoms with Gasteiger partial charge in [0, 0.05) is 24.9 Å². The Balaban J connectivity index is 2.57. The second-order valence-corrected chi connectivity index (χ2v) is 4.10. The molecule has 0 aromatic carbocycles. The second-order valence-electron chi connectivity index (χ2n) is 4.10. The topological polar surface area (TPSA) is 31.2 Å². The predicted octanol–water partition coefficient (Wildman–Crippen LogP) is 1.73. The van der Waals surface area contributed by atoms with E-state index in [0.717, 1.165) is 0 Å². The van der Waals surface area contributed by atoms with Crippen molar-refractivity contribution in [2.75, 3.05) is 13.7 Å². The lowest BCUT2D eigenvalue weighted by atomic mass is 9.89. The van der Waals surface area contributed by atoms with Crippen LogP contribution in [0, 0.1) is 5.41 Å². The van der Waals surface area contributed by atoms with Crippen molar-refractivity contribution >= 4 is 5.78 Å². The second kappa shape index (κ2) is 4.42.